The van der Waals surface area contributed by atoms with Gasteiger partial charge in [-0.1, -0.05) is 0 Å². The highest BCUT2D eigenvalue weighted by Crippen LogP contribution is 2.31. The van der Waals surface area contributed by atoms with Crippen molar-refractivity contribution in [3.8, 4) is 0 Å². The second kappa shape index (κ2) is 9.26. The minimum Gasteiger partial charge on any atom is -0.365 e. The Morgan fingerprint density at radius 3 is 2.55 bits per heavy atom. The zero-order chi connectivity index (χ0) is 20.2. The Bertz CT molecular complexity index is 688. The number of rotatable bonds is 8. The van der Waals surface area contributed by atoms with Crippen molar-refractivity contribution in [2.24, 2.45) is 11.8 Å². The number of nitrogens with one attached hydrogen (secondary N) is 1. The lowest BCUT2D eigenvalue weighted by Crippen LogP contribution is -2.51. The van der Waals surface area contributed by atoms with Gasteiger partial charge in [0.1, 0.15) is 6.61 Å². The van der Waals surface area contributed by atoms with E-state index >= 15 is 0 Å². The average Bonchev–Trinajstić information content (AvgIpc) is 3.54. The van der Waals surface area contributed by atoms with Gasteiger partial charge in [-0.05, 0) is 50.6 Å². The molecule has 2 aliphatic heterocycles. The molecule has 2 saturated heterocycles. The normalized spacial score (nSPS) is 24.0. The molecule has 1 saturated carbocycles. The highest BCUT2D eigenvalue weighted by atomic mass is 16.5. The van der Waals surface area contributed by atoms with Crippen LogP contribution in [0.25, 0.3) is 0 Å². The first kappa shape index (κ1) is 20.3. The summed E-state index contributed by atoms with van der Waals surface area (Å²) in [5.74, 6) is 3.24. The second-order valence-corrected chi connectivity index (χ2v) is 8.92. The number of aromatic nitrogens is 2. The number of hydrogen-bond donors (Lipinski definition) is 1. The molecule has 0 unspecified atom stereocenters. The molecule has 1 N–H and O–H groups in total. The van der Waals surface area contributed by atoms with Crippen molar-refractivity contribution in [2.45, 2.75) is 31.8 Å². The Labute approximate surface area is 173 Å². The molecule has 8 heteroatoms. The van der Waals surface area contributed by atoms with Gasteiger partial charge in [-0.3, -0.25) is 4.79 Å². The zero-order valence-corrected chi connectivity index (χ0v) is 17.7. The van der Waals surface area contributed by atoms with Crippen LogP contribution in [0, 0.1) is 11.8 Å². The SMILES string of the molecule is CN(C)c1nccnc1NC[C@H]1CN(CC2CCN(CC3CC3)CC2)C(=O)CO1. The summed E-state index contributed by atoms with van der Waals surface area (Å²) in [6.45, 7) is 5.95. The van der Waals surface area contributed by atoms with E-state index in [1.54, 1.807) is 12.4 Å². The molecule has 0 spiro atoms. The van der Waals surface area contributed by atoms with Gasteiger partial charge in [-0.25, -0.2) is 9.97 Å². The standard InChI is InChI=1S/C21H34N6O2/c1-25(2)21-20(22-7-8-23-21)24-11-18-14-27(19(28)15-29-18)13-17-5-9-26(10-6-17)12-16-3-4-16/h7-8,16-18H,3-6,9-15H2,1-2H3,(H,22,24)/t18-/m0/s1. The number of amides is 1. The molecule has 1 atom stereocenters. The van der Waals surface area contributed by atoms with Crippen LogP contribution < -0.4 is 10.2 Å². The third kappa shape index (κ3) is 5.57. The molecular formula is C21H34N6O2. The van der Waals surface area contributed by atoms with Crippen molar-refractivity contribution in [3.05, 3.63) is 12.4 Å². The van der Waals surface area contributed by atoms with E-state index in [9.17, 15) is 4.79 Å². The molecule has 4 rings (SSSR count). The number of anilines is 2. The minimum atomic E-state index is -0.0281. The Morgan fingerprint density at radius 1 is 1.10 bits per heavy atom. The van der Waals surface area contributed by atoms with Gasteiger partial charge in [0, 0.05) is 52.7 Å². The summed E-state index contributed by atoms with van der Waals surface area (Å²) in [6.07, 6.45) is 8.58. The van der Waals surface area contributed by atoms with Gasteiger partial charge in [-0.15, -0.1) is 0 Å². The first-order valence-electron chi connectivity index (χ1n) is 10.9. The fourth-order valence-corrected chi connectivity index (χ4v) is 4.30. The van der Waals surface area contributed by atoms with Crippen molar-refractivity contribution in [3.63, 3.8) is 0 Å². The summed E-state index contributed by atoms with van der Waals surface area (Å²) in [5, 5.41) is 3.35. The average molecular weight is 403 g/mol. The molecule has 160 valence electrons. The number of likely N-dealkylation sites (tertiary alicyclic amines) is 1. The van der Waals surface area contributed by atoms with Crippen molar-refractivity contribution < 1.29 is 9.53 Å². The third-order valence-corrected chi connectivity index (χ3v) is 6.22. The first-order chi connectivity index (χ1) is 14.1. The van der Waals surface area contributed by atoms with Crippen LogP contribution in [0.3, 0.4) is 0 Å². The quantitative estimate of drug-likeness (QED) is 0.703. The highest BCUT2D eigenvalue weighted by molar-refractivity contribution is 5.78. The fourth-order valence-electron chi connectivity index (χ4n) is 4.30. The zero-order valence-electron chi connectivity index (χ0n) is 17.7. The van der Waals surface area contributed by atoms with E-state index in [-0.39, 0.29) is 18.6 Å². The molecule has 0 aromatic carbocycles. The lowest BCUT2D eigenvalue weighted by Gasteiger charge is -2.38. The van der Waals surface area contributed by atoms with Crippen LogP contribution in [0.1, 0.15) is 25.7 Å². The second-order valence-electron chi connectivity index (χ2n) is 8.92. The molecule has 3 fully saturated rings. The molecule has 1 aliphatic carbocycles. The number of piperidine rings is 1. The Hall–Kier alpha value is -1.93. The number of carbonyl (C=O) groups is 1. The van der Waals surface area contributed by atoms with E-state index in [1.165, 1.54) is 45.3 Å². The predicted molar refractivity (Wildman–Crippen MR) is 113 cm³/mol. The van der Waals surface area contributed by atoms with Crippen LogP contribution in [0.2, 0.25) is 0 Å². The highest BCUT2D eigenvalue weighted by Gasteiger charge is 2.31. The monoisotopic (exact) mass is 402 g/mol. The Morgan fingerprint density at radius 2 is 1.83 bits per heavy atom. The van der Waals surface area contributed by atoms with Crippen LogP contribution in [-0.2, 0) is 9.53 Å². The largest absolute Gasteiger partial charge is 0.365 e. The van der Waals surface area contributed by atoms with Gasteiger partial charge >= 0.3 is 0 Å². The maximum Gasteiger partial charge on any atom is 0.248 e. The lowest BCUT2D eigenvalue weighted by molar-refractivity contribution is -0.149. The van der Waals surface area contributed by atoms with Crippen molar-refractivity contribution in [1.29, 1.82) is 0 Å². The van der Waals surface area contributed by atoms with Gasteiger partial charge in [0.05, 0.1) is 6.10 Å². The minimum absolute atomic E-state index is 0.0281. The number of ether oxygens (including phenoxy) is 1. The van der Waals surface area contributed by atoms with E-state index in [0.717, 1.165) is 24.1 Å². The van der Waals surface area contributed by atoms with Crippen LogP contribution >= 0.6 is 0 Å². The lowest BCUT2D eigenvalue weighted by atomic mass is 9.95. The number of carbonyl (C=O) groups excluding carboxylic acids is 1. The van der Waals surface area contributed by atoms with E-state index < -0.39 is 0 Å². The van der Waals surface area contributed by atoms with Crippen LogP contribution in [0.4, 0.5) is 11.6 Å². The summed E-state index contributed by atoms with van der Waals surface area (Å²) < 4.78 is 5.78. The molecular weight excluding hydrogens is 368 g/mol. The third-order valence-electron chi connectivity index (χ3n) is 6.22. The molecule has 8 nitrogen and oxygen atoms in total. The van der Waals surface area contributed by atoms with Gasteiger partial charge < -0.3 is 24.8 Å². The molecule has 3 aliphatic rings. The van der Waals surface area contributed by atoms with Crippen molar-refractivity contribution in [1.82, 2.24) is 19.8 Å². The first-order valence-corrected chi connectivity index (χ1v) is 10.9. The van der Waals surface area contributed by atoms with Crippen LogP contribution in [-0.4, -0.2) is 91.7 Å². The van der Waals surface area contributed by atoms with E-state index in [0.29, 0.717) is 19.0 Å². The maximum absolute atomic E-state index is 12.4. The summed E-state index contributed by atoms with van der Waals surface area (Å²) >= 11 is 0. The molecule has 3 heterocycles. The predicted octanol–water partition coefficient (Wildman–Crippen LogP) is 1.30. The molecule has 0 radical (unpaired) electrons. The molecule has 1 amide bonds. The number of hydrogen-bond acceptors (Lipinski definition) is 7. The molecule has 1 aromatic rings. The summed E-state index contributed by atoms with van der Waals surface area (Å²) in [5.41, 5.74) is 0. The van der Waals surface area contributed by atoms with E-state index in [2.05, 4.69) is 20.2 Å². The van der Waals surface area contributed by atoms with Gasteiger partial charge in [-0.2, -0.15) is 0 Å². The van der Waals surface area contributed by atoms with Gasteiger partial charge in [0.15, 0.2) is 11.6 Å². The summed E-state index contributed by atoms with van der Waals surface area (Å²) in [7, 11) is 3.89. The molecule has 29 heavy (non-hydrogen) atoms. The fraction of sp³-hybridized carbons (Fsp3) is 0.762. The van der Waals surface area contributed by atoms with E-state index in [4.69, 9.17) is 4.74 Å². The molecule has 0 bridgehead atoms. The number of morpholine rings is 1. The number of nitrogens with zero attached hydrogens (tertiary/aromatic N) is 5. The van der Waals surface area contributed by atoms with E-state index in [1.807, 2.05) is 23.9 Å². The van der Waals surface area contributed by atoms with Crippen molar-refractivity contribution >= 4 is 17.5 Å². The summed E-state index contributed by atoms with van der Waals surface area (Å²) in [6, 6.07) is 0. The van der Waals surface area contributed by atoms with Crippen LogP contribution in [0.15, 0.2) is 12.4 Å². The van der Waals surface area contributed by atoms with Crippen molar-refractivity contribution in [2.75, 3.05) is 70.2 Å². The van der Waals surface area contributed by atoms with Crippen LogP contribution in [0.5, 0.6) is 0 Å². The smallest absolute Gasteiger partial charge is 0.248 e. The van der Waals surface area contributed by atoms with Gasteiger partial charge in [0.25, 0.3) is 0 Å². The van der Waals surface area contributed by atoms with Gasteiger partial charge in [0.2, 0.25) is 5.91 Å². The Balaban J connectivity index is 1.24. The maximum atomic E-state index is 12.4. The topological polar surface area (TPSA) is 73.8 Å². The molecule has 1 aromatic heterocycles. The Kier molecular flexibility index (Phi) is 6.50. The summed E-state index contributed by atoms with van der Waals surface area (Å²) in [4.78, 5) is 27.7.